The summed E-state index contributed by atoms with van der Waals surface area (Å²) in [6.45, 7) is 4.10. The first-order valence-corrected chi connectivity index (χ1v) is 13.7. The van der Waals surface area contributed by atoms with Crippen LogP contribution in [0.5, 0.6) is 0 Å². The molecule has 5 aromatic carbocycles. The molecule has 0 aromatic heterocycles. The van der Waals surface area contributed by atoms with Crippen LogP contribution in [0.1, 0.15) is 22.3 Å². The third kappa shape index (κ3) is 3.61. The monoisotopic (exact) mass is 535 g/mol. The van der Waals surface area contributed by atoms with Gasteiger partial charge in [0, 0.05) is 23.5 Å². The second kappa shape index (κ2) is 9.45. The maximum absolute atomic E-state index is 15.0. The maximum Gasteiger partial charge on any atom is 0.330 e. The molecule has 2 aliphatic rings. The summed E-state index contributed by atoms with van der Waals surface area (Å²) in [6.07, 6.45) is 0. The number of nitrogens with zero attached hydrogens (tertiary/aromatic N) is 5. The first kappa shape index (κ1) is 24.8. The number of carbonyl (C=O) groups excluding carboxylic acids is 1. The lowest BCUT2D eigenvalue weighted by atomic mass is 9.81. The Morgan fingerprint density at radius 3 is 1.66 bits per heavy atom. The number of benzene rings is 5. The lowest BCUT2D eigenvalue weighted by Gasteiger charge is -2.45. The largest absolute Gasteiger partial charge is 0.330 e. The van der Waals surface area contributed by atoms with E-state index in [9.17, 15) is 4.79 Å². The van der Waals surface area contributed by atoms with Gasteiger partial charge in [0.1, 0.15) is 0 Å². The van der Waals surface area contributed by atoms with Crippen molar-refractivity contribution in [3.8, 4) is 0 Å². The second-order valence-electron chi connectivity index (χ2n) is 10.5. The Hall–Kier alpha value is -5.23. The molecule has 0 spiro atoms. The summed E-state index contributed by atoms with van der Waals surface area (Å²) in [5, 5.41) is 5.43. The van der Waals surface area contributed by atoms with Crippen LogP contribution in [0.25, 0.3) is 5.43 Å². The molecule has 2 aliphatic heterocycles. The number of para-hydroxylation sites is 1. The Morgan fingerprint density at radius 1 is 0.585 bits per heavy atom. The third-order valence-electron chi connectivity index (χ3n) is 7.92. The highest BCUT2D eigenvalue weighted by Crippen LogP contribution is 2.64. The van der Waals surface area contributed by atoms with Crippen LogP contribution in [-0.4, -0.2) is 10.8 Å². The molecule has 5 aromatic rings. The van der Waals surface area contributed by atoms with Crippen molar-refractivity contribution in [1.29, 1.82) is 0 Å². The number of anilines is 2. The lowest BCUT2D eigenvalue weighted by molar-refractivity contribution is -0.457. The zero-order valence-corrected chi connectivity index (χ0v) is 22.9. The Labute approximate surface area is 239 Å². The Bertz CT molecular complexity index is 1740. The van der Waals surface area contributed by atoms with Crippen molar-refractivity contribution in [3.63, 3.8) is 0 Å². The molecule has 1 fully saturated rings. The normalized spacial score (nSPS) is 21.4. The van der Waals surface area contributed by atoms with Crippen molar-refractivity contribution < 1.29 is 9.60 Å². The molecule has 0 bridgehead atoms. The van der Waals surface area contributed by atoms with Gasteiger partial charge >= 0.3 is 6.03 Å². The van der Waals surface area contributed by atoms with E-state index in [-0.39, 0.29) is 6.03 Å². The zero-order chi connectivity index (χ0) is 28.0. The van der Waals surface area contributed by atoms with Gasteiger partial charge in [0.15, 0.2) is 11.3 Å². The van der Waals surface area contributed by atoms with Crippen molar-refractivity contribution >= 4 is 23.1 Å². The number of fused-ring (bicyclic) bond motifs is 1. The number of hydrogen-bond acceptors (Lipinski definition) is 2. The summed E-state index contributed by atoms with van der Waals surface area (Å²) in [5.41, 5.74) is 9.15. The molecular formula is C35H29N5O. The van der Waals surface area contributed by atoms with Gasteiger partial charge in [-0.2, -0.15) is 10.5 Å². The van der Waals surface area contributed by atoms with Crippen molar-refractivity contribution in [2.45, 2.75) is 25.2 Å². The van der Waals surface area contributed by atoms with Crippen molar-refractivity contribution in [1.82, 2.24) is 0 Å². The molecule has 2 amide bonds. The third-order valence-corrected chi connectivity index (χ3v) is 7.92. The molecule has 0 saturated carbocycles. The standard InChI is InChI=1S/C35H29N5O/c1-26-18-22-31(23-19-26)39-33(41)38(30-16-10-5-11-17-30)34(28-12-6-3-7-13-28)35(39,29-14-8-4-9-15-29)37-40(36-34)32-24-20-27(2)21-25-32/h3-25H,1-2H3. The van der Waals surface area contributed by atoms with Gasteiger partial charge in [-0.1, -0.05) is 114 Å². The van der Waals surface area contributed by atoms with Crippen LogP contribution in [0.3, 0.4) is 0 Å². The topological polar surface area (TPSA) is 53.0 Å². The van der Waals surface area contributed by atoms with Crippen LogP contribution in [-0.2, 0) is 11.3 Å². The van der Waals surface area contributed by atoms with E-state index in [1.165, 1.54) is 0 Å². The summed E-state index contributed by atoms with van der Waals surface area (Å²) < 4.78 is 0. The summed E-state index contributed by atoms with van der Waals surface area (Å²) in [6, 6.07) is 45.8. The zero-order valence-electron chi connectivity index (χ0n) is 22.9. The average molecular weight is 536 g/mol. The van der Waals surface area contributed by atoms with Crippen molar-refractivity contribution in [3.05, 3.63) is 167 Å². The highest BCUT2D eigenvalue weighted by molar-refractivity contribution is 6.10. The minimum absolute atomic E-state index is 0.205. The summed E-state index contributed by atoms with van der Waals surface area (Å²) >= 11 is 0. The van der Waals surface area contributed by atoms with Crippen LogP contribution >= 0.6 is 0 Å². The fraction of sp³-hybridized carbons (Fsp3) is 0.114. The van der Waals surface area contributed by atoms with Gasteiger partial charge in [0.05, 0.1) is 0 Å². The van der Waals surface area contributed by atoms with Crippen LogP contribution in [0.15, 0.2) is 145 Å². The van der Waals surface area contributed by atoms with Crippen LogP contribution in [0.2, 0.25) is 0 Å². The van der Waals surface area contributed by atoms with E-state index in [0.717, 1.165) is 39.3 Å². The predicted octanol–water partition coefficient (Wildman–Crippen LogP) is 8.55. The van der Waals surface area contributed by atoms with Gasteiger partial charge in [-0.25, -0.2) is 4.79 Å². The number of amides is 2. The second-order valence-corrected chi connectivity index (χ2v) is 10.5. The molecule has 41 heavy (non-hydrogen) atoms. The van der Waals surface area contributed by atoms with Gasteiger partial charge < -0.3 is 0 Å². The fourth-order valence-electron chi connectivity index (χ4n) is 5.99. The maximum atomic E-state index is 15.0. The number of carbonyl (C=O) groups is 1. The van der Waals surface area contributed by atoms with E-state index in [0.29, 0.717) is 0 Å². The van der Waals surface area contributed by atoms with Crippen molar-refractivity contribution in [2.75, 3.05) is 9.80 Å². The van der Waals surface area contributed by atoms with E-state index in [4.69, 9.17) is 10.5 Å². The fourth-order valence-corrected chi connectivity index (χ4v) is 5.99. The molecule has 6 nitrogen and oxygen atoms in total. The minimum Gasteiger partial charge on any atom is -0.276 e. The van der Waals surface area contributed by atoms with Gasteiger partial charge in [0.2, 0.25) is 5.69 Å². The van der Waals surface area contributed by atoms with E-state index >= 15 is 0 Å². The summed E-state index contributed by atoms with van der Waals surface area (Å²) in [7, 11) is 0. The molecule has 2 unspecified atom stereocenters. The number of azo groups is 1. The Balaban J connectivity index is 1.62. The molecule has 0 N–H and O–H groups in total. The van der Waals surface area contributed by atoms with Gasteiger partial charge in [-0.05, 0) is 49.2 Å². The SMILES string of the molecule is Cc1ccc(N2C(=O)N(c3ccccc3)C3(c4ccccc4)N=[N+](c4ccc(C)cc4)[N-]C23c2ccccc2)cc1. The highest BCUT2D eigenvalue weighted by Gasteiger charge is 2.71. The number of rotatable bonds is 5. The first-order chi connectivity index (χ1) is 20.0. The molecule has 6 heteroatoms. The molecule has 200 valence electrons. The van der Waals surface area contributed by atoms with Crippen LogP contribution in [0.4, 0.5) is 21.9 Å². The highest BCUT2D eigenvalue weighted by atomic mass is 16.2. The van der Waals surface area contributed by atoms with Gasteiger partial charge in [0.25, 0.3) is 0 Å². The first-order valence-electron chi connectivity index (χ1n) is 13.7. The summed E-state index contributed by atoms with van der Waals surface area (Å²) in [5.74, 6) is 0. The average Bonchev–Trinajstić information content (AvgIpc) is 3.47. The van der Waals surface area contributed by atoms with Crippen molar-refractivity contribution in [2.24, 2.45) is 5.11 Å². The lowest BCUT2D eigenvalue weighted by Crippen LogP contribution is -2.53. The number of hydrogen-bond donors (Lipinski definition) is 0. The van der Waals surface area contributed by atoms with Crippen LogP contribution < -0.4 is 9.80 Å². The molecule has 0 aliphatic carbocycles. The number of aryl methyl sites for hydroxylation is 2. The summed E-state index contributed by atoms with van der Waals surface area (Å²) in [4.78, 5) is 20.3. The van der Waals surface area contributed by atoms with Gasteiger partial charge in [-0.3, -0.25) is 9.80 Å². The molecule has 1 saturated heterocycles. The predicted molar refractivity (Wildman–Crippen MR) is 161 cm³/mol. The Morgan fingerprint density at radius 2 is 1.07 bits per heavy atom. The molecule has 7 rings (SSSR count). The van der Waals surface area contributed by atoms with Gasteiger partial charge in [-0.15, -0.1) is 4.81 Å². The number of urea groups is 1. The molecular weight excluding hydrogens is 506 g/mol. The van der Waals surface area contributed by atoms with Crippen LogP contribution in [0, 0.1) is 13.8 Å². The van der Waals surface area contributed by atoms with E-state index in [1.807, 2.05) is 144 Å². The molecule has 0 radical (unpaired) electrons. The van der Waals surface area contributed by atoms with E-state index < -0.39 is 11.3 Å². The molecule has 2 heterocycles. The Kier molecular flexibility index (Phi) is 5.71. The quantitative estimate of drug-likeness (QED) is 0.208. The molecule has 2 atom stereocenters. The van der Waals surface area contributed by atoms with E-state index in [1.54, 1.807) is 4.81 Å². The smallest absolute Gasteiger partial charge is 0.276 e. The van der Waals surface area contributed by atoms with E-state index in [2.05, 4.69) is 19.1 Å². The minimum atomic E-state index is -1.28.